The Balaban J connectivity index is 1.47. The first kappa shape index (κ1) is 18.1. The Hall–Kier alpha value is -2.32. The van der Waals surface area contributed by atoms with Crippen LogP contribution in [0.2, 0.25) is 0 Å². The average Bonchev–Trinajstić information content (AvgIpc) is 3.32. The third kappa shape index (κ3) is 3.86. The van der Waals surface area contributed by atoms with Crippen LogP contribution >= 0.6 is 0 Å². The summed E-state index contributed by atoms with van der Waals surface area (Å²) in [6, 6.07) is 8.09. The third-order valence-corrected chi connectivity index (χ3v) is 5.35. The molecule has 0 bridgehead atoms. The van der Waals surface area contributed by atoms with Gasteiger partial charge in [0.15, 0.2) is 0 Å². The summed E-state index contributed by atoms with van der Waals surface area (Å²) in [4.78, 5) is 8.77. The molecule has 5 nitrogen and oxygen atoms in total. The molecule has 0 radical (unpaired) electrons. The zero-order valence-corrected chi connectivity index (χ0v) is 14.7. The maximum absolute atomic E-state index is 12.3. The summed E-state index contributed by atoms with van der Waals surface area (Å²) in [7, 11) is 0. The van der Waals surface area contributed by atoms with Gasteiger partial charge in [-0.25, -0.2) is 0 Å². The number of benzene rings is 1. The molecule has 27 heavy (non-hydrogen) atoms. The Kier molecular flexibility index (Phi) is 4.47. The number of aromatic nitrogens is 1. The predicted molar refractivity (Wildman–Crippen MR) is 95.0 cm³/mol. The number of anilines is 1. The fourth-order valence-electron chi connectivity index (χ4n) is 3.73. The van der Waals surface area contributed by atoms with E-state index in [-0.39, 0.29) is 11.3 Å². The average molecular weight is 378 g/mol. The minimum Gasteiger partial charge on any atom is -0.406 e. The molecule has 2 heterocycles. The number of ether oxygens (including phenoxy) is 1. The maximum Gasteiger partial charge on any atom is 0.573 e. The van der Waals surface area contributed by atoms with E-state index in [2.05, 4.69) is 19.5 Å². The molecule has 0 atom stereocenters. The predicted octanol–water partition coefficient (Wildman–Crippen LogP) is 3.25. The van der Waals surface area contributed by atoms with Crippen LogP contribution in [0.15, 0.2) is 42.7 Å². The van der Waals surface area contributed by atoms with Gasteiger partial charge in [0.05, 0.1) is 6.67 Å². The quantitative estimate of drug-likeness (QED) is 0.866. The molecule has 1 aliphatic carbocycles. The summed E-state index contributed by atoms with van der Waals surface area (Å²) in [6.45, 7) is 2.84. The first-order chi connectivity index (χ1) is 12.9. The number of pyridine rings is 1. The fraction of sp³-hybridized carbons (Fsp3) is 0.421. The number of nitrogens with two attached hydrogens (primary N) is 1. The van der Waals surface area contributed by atoms with E-state index in [1.807, 2.05) is 12.3 Å². The zero-order chi connectivity index (χ0) is 19.1. The van der Waals surface area contributed by atoms with Gasteiger partial charge in [0.1, 0.15) is 5.75 Å². The Morgan fingerprint density at radius 1 is 1.11 bits per heavy atom. The van der Waals surface area contributed by atoms with Gasteiger partial charge in [-0.1, -0.05) is 0 Å². The molecule has 8 heteroatoms. The number of alkyl halides is 3. The molecule has 1 saturated heterocycles. The van der Waals surface area contributed by atoms with Crippen LogP contribution < -0.4 is 15.4 Å². The van der Waals surface area contributed by atoms with Crippen molar-refractivity contribution in [2.75, 3.05) is 18.1 Å². The van der Waals surface area contributed by atoms with Crippen molar-refractivity contribution in [3.8, 4) is 5.75 Å². The highest BCUT2D eigenvalue weighted by Gasteiger charge is 2.53. The van der Waals surface area contributed by atoms with Crippen LogP contribution in [-0.2, 0) is 13.1 Å². The van der Waals surface area contributed by atoms with Crippen molar-refractivity contribution in [2.24, 2.45) is 5.73 Å². The molecule has 2 aromatic rings. The molecule has 2 aliphatic rings. The fourth-order valence-corrected chi connectivity index (χ4v) is 3.73. The molecule has 4 rings (SSSR count). The summed E-state index contributed by atoms with van der Waals surface area (Å²) < 4.78 is 40.9. The second kappa shape index (κ2) is 6.69. The van der Waals surface area contributed by atoms with Gasteiger partial charge in [0.25, 0.3) is 0 Å². The van der Waals surface area contributed by atoms with Crippen LogP contribution in [-0.4, -0.2) is 35.0 Å². The van der Waals surface area contributed by atoms with E-state index < -0.39 is 6.36 Å². The van der Waals surface area contributed by atoms with E-state index in [0.29, 0.717) is 6.54 Å². The van der Waals surface area contributed by atoms with Gasteiger partial charge in [-0.05, 0) is 54.3 Å². The molecule has 1 aromatic carbocycles. The van der Waals surface area contributed by atoms with Gasteiger partial charge < -0.3 is 15.4 Å². The highest BCUT2D eigenvalue weighted by molar-refractivity contribution is 5.51. The van der Waals surface area contributed by atoms with E-state index in [9.17, 15) is 13.2 Å². The second-order valence-corrected chi connectivity index (χ2v) is 7.15. The lowest BCUT2D eigenvalue weighted by Gasteiger charge is -2.23. The zero-order valence-electron chi connectivity index (χ0n) is 14.7. The highest BCUT2D eigenvalue weighted by atomic mass is 19.4. The van der Waals surface area contributed by atoms with E-state index in [1.54, 1.807) is 18.3 Å². The first-order valence-electron chi connectivity index (χ1n) is 8.86. The van der Waals surface area contributed by atoms with Crippen LogP contribution in [0.5, 0.6) is 5.75 Å². The Bertz CT molecular complexity index is 805. The maximum atomic E-state index is 12.3. The Morgan fingerprint density at radius 2 is 1.85 bits per heavy atom. The summed E-state index contributed by atoms with van der Waals surface area (Å²) in [5.41, 5.74) is 9.09. The number of hydrogen-bond donors (Lipinski definition) is 1. The van der Waals surface area contributed by atoms with Gasteiger partial charge in [0, 0.05) is 43.3 Å². The number of rotatable bonds is 5. The summed E-state index contributed by atoms with van der Waals surface area (Å²) in [5, 5.41) is 0. The van der Waals surface area contributed by atoms with Crippen molar-refractivity contribution in [3.05, 3.63) is 53.9 Å². The van der Waals surface area contributed by atoms with Crippen LogP contribution in [0.25, 0.3) is 0 Å². The van der Waals surface area contributed by atoms with Crippen molar-refractivity contribution in [3.63, 3.8) is 0 Å². The van der Waals surface area contributed by atoms with E-state index in [4.69, 9.17) is 5.73 Å². The van der Waals surface area contributed by atoms with E-state index in [1.165, 1.54) is 17.7 Å². The molecule has 1 saturated carbocycles. The van der Waals surface area contributed by atoms with Crippen LogP contribution in [0.3, 0.4) is 0 Å². The smallest absolute Gasteiger partial charge is 0.406 e. The van der Waals surface area contributed by atoms with Crippen molar-refractivity contribution < 1.29 is 17.9 Å². The van der Waals surface area contributed by atoms with Crippen molar-refractivity contribution >= 4 is 5.69 Å². The van der Waals surface area contributed by atoms with Gasteiger partial charge in [0.2, 0.25) is 0 Å². The minimum absolute atomic E-state index is 0.149. The molecular weight excluding hydrogens is 357 g/mol. The van der Waals surface area contributed by atoms with E-state index in [0.717, 1.165) is 43.9 Å². The monoisotopic (exact) mass is 378 g/mol. The van der Waals surface area contributed by atoms with E-state index >= 15 is 0 Å². The molecule has 2 fully saturated rings. The van der Waals surface area contributed by atoms with Gasteiger partial charge in [-0.3, -0.25) is 9.88 Å². The Morgan fingerprint density at radius 3 is 2.48 bits per heavy atom. The summed E-state index contributed by atoms with van der Waals surface area (Å²) >= 11 is 0. The highest BCUT2D eigenvalue weighted by Crippen LogP contribution is 2.48. The summed E-state index contributed by atoms with van der Waals surface area (Å²) in [6.07, 6.45) is 1.17. The number of hydrogen-bond acceptors (Lipinski definition) is 5. The van der Waals surface area contributed by atoms with Crippen molar-refractivity contribution in [2.45, 2.75) is 37.8 Å². The van der Waals surface area contributed by atoms with Crippen LogP contribution in [0, 0.1) is 0 Å². The lowest BCUT2D eigenvalue weighted by Crippen LogP contribution is -2.32. The van der Waals surface area contributed by atoms with Gasteiger partial charge in [-0.2, -0.15) is 0 Å². The second-order valence-electron chi connectivity index (χ2n) is 7.15. The molecule has 2 N–H and O–H groups in total. The largest absolute Gasteiger partial charge is 0.573 e. The van der Waals surface area contributed by atoms with Gasteiger partial charge in [-0.15, -0.1) is 13.2 Å². The van der Waals surface area contributed by atoms with Crippen LogP contribution in [0.1, 0.15) is 24.0 Å². The molecule has 1 aromatic heterocycles. The number of nitrogens with zero attached hydrogens (tertiary/aromatic N) is 3. The van der Waals surface area contributed by atoms with Crippen molar-refractivity contribution in [1.82, 2.24) is 9.88 Å². The SMILES string of the molecule is NCc1cnccc1CN1CN(c2ccc(OC(F)(F)F)cc2)CC12CC2. The van der Waals surface area contributed by atoms with Crippen LogP contribution in [0.4, 0.5) is 18.9 Å². The van der Waals surface area contributed by atoms with Gasteiger partial charge >= 0.3 is 6.36 Å². The normalized spacial score (nSPS) is 18.9. The molecule has 0 amide bonds. The molecule has 1 aliphatic heterocycles. The Labute approximate surface area is 155 Å². The van der Waals surface area contributed by atoms with Crippen molar-refractivity contribution in [1.29, 1.82) is 0 Å². The molecule has 0 unspecified atom stereocenters. The topological polar surface area (TPSA) is 54.6 Å². The molecule has 1 spiro atoms. The lowest BCUT2D eigenvalue weighted by atomic mass is 10.1. The first-order valence-corrected chi connectivity index (χ1v) is 8.86. The summed E-state index contributed by atoms with van der Waals surface area (Å²) in [5.74, 6) is -0.201. The lowest BCUT2D eigenvalue weighted by molar-refractivity contribution is -0.274. The molecule has 144 valence electrons. The number of halogens is 3. The standard InChI is InChI=1S/C19H21F3N4O/c20-19(21,22)27-17-3-1-16(2-4-17)25-12-18(6-7-18)26(13-25)11-14-5-8-24-10-15(14)9-23/h1-5,8,10H,6-7,9,11-13,23H2. The molecular formula is C19H21F3N4O. The minimum atomic E-state index is -4.67. The third-order valence-electron chi connectivity index (χ3n) is 5.35.